The molecular weight excluding hydrogens is 270 g/mol. The van der Waals surface area contributed by atoms with E-state index >= 15 is 0 Å². The molecule has 1 nitrogen and oxygen atoms in total. The van der Waals surface area contributed by atoms with E-state index in [4.69, 9.17) is 0 Å². The smallest absolute Gasteiger partial charge is 0.0399 e. The molecule has 0 amide bonds. The van der Waals surface area contributed by atoms with E-state index < -0.39 is 0 Å². The zero-order chi connectivity index (χ0) is 10.7. The van der Waals surface area contributed by atoms with Crippen LogP contribution in [0, 0.1) is 0 Å². The lowest BCUT2D eigenvalue weighted by molar-refractivity contribution is 0.348. The largest absolute Gasteiger partial charge is 0.307 e. The number of hydrogen-bond acceptors (Lipinski definition) is 2. The molecule has 3 heteroatoms. The van der Waals surface area contributed by atoms with Gasteiger partial charge in [0.05, 0.1) is 0 Å². The Kier molecular flexibility index (Phi) is 4.23. The van der Waals surface area contributed by atoms with Crippen LogP contribution in [0.25, 0.3) is 0 Å². The molecule has 1 saturated carbocycles. The number of hydrogen-bond donors (Lipinski definition) is 1. The lowest BCUT2D eigenvalue weighted by Gasteiger charge is -2.26. The van der Waals surface area contributed by atoms with Gasteiger partial charge in [-0.2, -0.15) is 0 Å². The van der Waals surface area contributed by atoms with Crippen molar-refractivity contribution in [1.82, 2.24) is 5.32 Å². The Morgan fingerprint density at radius 2 is 2.13 bits per heavy atom. The fourth-order valence-electron chi connectivity index (χ4n) is 2.31. The Balaban J connectivity index is 1.91. The highest BCUT2D eigenvalue weighted by atomic mass is 79.9. The van der Waals surface area contributed by atoms with Crippen LogP contribution in [-0.4, -0.2) is 6.04 Å². The van der Waals surface area contributed by atoms with Gasteiger partial charge in [0.2, 0.25) is 0 Å². The van der Waals surface area contributed by atoms with E-state index in [1.54, 1.807) is 0 Å². The summed E-state index contributed by atoms with van der Waals surface area (Å²) in [6.45, 7) is 2.27. The Morgan fingerprint density at radius 1 is 1.40 bits per heavy atom. The van der Waals surface area contributed by atoms with Gasteiger partial charge in [0.15, 0.2) is 0 Å². The fourth-order valence-corrected chi connectivity index (χ4v) is 4.05. The van der Waals surface area contributed by atoms with E-state index in [2.05, 4.69) is 39.6 Å². The molecule has 1 heterocycles. The third-order valence-electron chi connectivity index (χ3n) is 3.13. The van der Waals surface area contributed by atoms with Gasteiger partial charge >= 0.3 is 0 Å². The SMILES string of the molecule is CC(NC1CCCCC1)c1sccc1Br. The van der Waals surface area contributed by atoms with Crippen LogP contribution in [0.5, 0.6) is 0 Å². The van der Waals surface area contributed by atoms with Crippen LogP contribution in [0.2, 0.25) is 0 Å². The summed E-state index contributed by atoms with van der Waals surface area (Å²) in [5, 5.41) is 5.89. The molecule has 1 fully saturated rings. The monoisotopic (exact) mass is 287 g/mol. The van der Waals surface area contributed by atoms with E-state index in [-0.39, 0.29) is 0 Å². The Hall–Kier alpha value is 0.140. The van der Waals surface area contributed by atoms with Crippen molar-refractivity contribution in [3.63, 3.8) is 0 Å². The topological polar surface area (TPSA) is 12.0 Å². The molecule has 1 aliphatic carbocycles. The van der Waals surface area contributed by atoms with Crippen molar-refractivity contribution in [2.24, 2.45) is 0 Å². The second-order valence-electron chi connectivity index (χ2n) is 4.36. The van der Waals surface area contributed by atoms with E-state index in [1.165, 1.54) is 41.5 Å². The quantitative estimate of drug-likeness (QED) is 0.864. The normalized spacial score (nSPS) is 20.4. The van der Waals surface area contributed by atoms with Crippen LogP contribution in [-0.2, 0) is 0 Å². The third-order valence-corrected chi connectivity index (χ3v) is 5.18. The number of halogens is 1. The van der Waals surface area contributed by atoms with Crippen molar-refractivity contribution in [2.45, 2.75) is 51.1 Å². The second kappa shape index (κ2) is 5.46. The average Bonchev–Trinajstić information content (AvgIpc) is 2.66. The van der Waals surface area contributed by atoms with Gasteiger partial charge in [-0.3, -0.25) is 0 Å². The lowest BCUT2D eigenvalue weighted by Crippen LogP contribution is -2.32. The first-order chi connectivity index (χ1) is 7.27. The molecule has 1 N–H and O–H groups in total. The van der Waals surface area contributed by atoms with Crippen molar-refractivity contribution < 1.29 is 0 Å². The molecular formula is C12H18BrNS. The first kappa shape index (κ1) is 11.6. The molecule has 2 rings (SSSR count). The van der Waals surface area contributed by atoms with Crippen molar-refractivity contribution in [2.75, 3.05) is 0 Å². The summed E-state index contributed by atoms with van der Waals surface area (Å²) in [7, 11) is 0. The number of thiophene rings is 1. The van der Waals surface area contributed by atoms with Gasteiger partial charge < -0.3 is 5.32 Å². The molecule has 0 bridgehead atoms. The van der Waals surface area contributed by atoms with Crippen LogP contribution in [0.3, 0.4) is 0 Å². The second-order valence-corrected chi connectivity index (χ2v) is 6.16. The summed E-state index contributed by atoms with van der Waals surface area (Å²) < 4.78 is 1.25. The maximum absolute atomic E-state index is 3.74. The zero-order valence-corrected chi connectivity index (χ0v) is 11.5. The average molecular weight is 288 g/mol. The highest BCUT2D eigenvalue weighted by molar-refractivity contribution is 9.10. The zero-order valence-electron chi connectivity index (χ0n) is 9.13. The van der Waals surface area contributed by atoms with Gasteiger partial charge in [-0.1, -0.05) is 19.3 Å². The van der Waals surface area contributed by atoms with Crippen LogP contribution in [0.4, 0.5) is 0 Å². The predicted octanol–water partition coefficient (Wildman–Crippen LogP) is 4.49. The summed E-state index contributed by atoms with van der Waals surface area (Å²) in [5.74, 6) is 0. The molecule has 1 aliphatic rings. The van der Waals surface area contributed by atoms with Gasteiger partial charge in [-0.15, -0.1) is 11.3 Å². The minimum Gasteiger partial charge on any atom is -0.307 e. The molecule has 0 aliphatic heterocycles. The standard InChI is InChI=1S/C12H18BrNS/c1-9(12-11(13)7-8-15-12)14-10-5-3-2-4-6-10/h7-10,14H,2-6H2,1H3. The van der Waals surface area contributed by atoms with Gasteiger partial charge in [-0.25, -0.2) is 0 Å². The van der Waals surface area contributed by atoms with Crippen LogP contribution < -0.4 is 5.32 Å². The molecule has 0 radical (unpaired) electrons. The van der Waals surface area contributed by atoms with E-state index in [9.17, 15) is 0 Å². The van der Waals surface area contributed by atoms with Crippen molar-refractivity contribution in [3.05, 3.63) is 20.8 Å². The van der Waals surface area contributed by atoms with Crippen molar-refractivity contribution >= 4 is 27.3 Å². The van der Waals surface area contributed by atoms with Crippen molar-refractivity contribution in [1.29, 1.82) is 0 Å². The molecule has 0 spiro atoms. The molecule has 1 aromatic heterocycles. The molecule has 1 atom stereocenters. The molecule has 84 valence electrons. The fraction of sp³-hybridized carbons (Fsp3) is 0.667. The number of nitrogens with one attached hydrogen (secondary N) is 1. The van der Waals surface area contributed by atoms with E-state index in [1.807, 2.05) is 11.3 Å². The minimum absolute atomic E-state index is 0.488. The summed E-state index contributed by atoms with van der Waals surface area (Å²) >= 11 is 5.44. The first-order valence-electron chi connectivity index (χ1n) is 5.76. The van der Waals surface area contributed by atoms with E-state index in [0.717, 1.165) is 6.04 Å². The Morgan fingerprint density at radius 3 is 2.73 bits per heavy atom. The highest BCUT2D eigenvalue weighted by Crippen LogP contribution is 2.30. The summed E-state index contributed by atoms with van der Waals surface area (Å²) in [4.78, 5) is 1.43. The first-order valence-corrected chi connectivity index (χ1v) is 7.43. The summed E-state index contributed by atoms with van der Waals surface area (Å²) in [5.41, 5.74) is 0. The molecule has 0 saturated heterocycles. The van der Waals surface area contributed by atoms with Crippen LogP contribution >= 0.6 is 27.3 Å². The van der Waals surface area contributed by atoms with Gasteiger partial charge in [0.1, 0.15) is 0 Å². The Labute approximate surface area is 104 Å². The summed E-state index contributed by atoms with van der Waals surface area (Å²) in [6.07, 6.45) is 6.93. The van der Waals surface area contributed by atoms with Crippen LogP contribution in [0.1, 0.15) is 49.9 Å². The lowest BCUT2D eigenvalue weighted by atomic mass is 9.95. The molecule has 1 aromatic rings. The van der Waals surface area contributed by atoms with Gasteiger partial charge in [0, 0.05) is 21.4 Å². The van der Waals surface area contributed by atoms with Gasteiger partial charge in [0.25, 0.3) is 0 Å². The maximum Gasteiger partial charge on any atom is 0.0399 e. The van der Waals surface area contributed by atoms with E-state index in [0.29, 0.717) is 6.04 Å². The molecule has 1 unspecified atom stereocenters. The Bertz CT molecular complexity index is 304. The third kappa shape index (κ3) is 3.05. The van der Waals surface area contributed by atoms with Crippen molar-refractivity contribution in [3.8, 4) is 0 Å². The van der Waals surface area contributed by atoms with Gasteiger partial charge in [-0.05, 0) is 47.1 Å². The molecule has 15 heavy (non-hydrogen) atoms. The van der Waals surface area contributed by atoms with Crippen LogP contribution in [0.15, 0.2) is 15.9 Å². The minimum atomic E-state index is 0.488. The highest BCUT2D eigenvalue weighted by Gasteiger charge is 2.18. The molecule has 0 aromatic carbocycles. The summed E-state index contributed by atoms with van der Waals surface area (Å²) in [6, 6.07) is 3.37. The predicted molar refractivity (Wildman–Crippen MR) is 70.4 cm³/mol. The maximum atomic E-state index is 3.74. The number of rotatable bonds is 3.